The van der Waals surface area contributed by atoms with Gasteiger partial charge in [-0.3, -0.25) is 14.8 Å². The van der Waals surface area contributed by atoms with E-state index >= 15 is 0 Å². The average molecular weight is 349 g/mol. The van der Waals surface area contributed by atoms with Crippen molar-refractivity contribution in [1.29, 1.82) is 0 Å². The summed E-state index contributed by atoms with van der Waals surface area (Å²) in [6, 6.07) is 0.352. The highest BCUT2D eigenvalue weighted by Gasteiger charge is 2.27. The van der Waals surface area contributed by atoms with Gasteiger partial charge in [-0.2, -0.15) is 5.10 Å². The van der Waals surface area contributed by atoms with Crippen LogP contribution in [0.3, 0.4) is 0 Å². The molecule has 140 valence electrons. The molecular formula is C18H31N5O2. The number of rotatable bonds is 6. The molecule has 7 heteroatoms. The van der Waals surface area contributed by atoms with Gasteiger partial charge in [0.1, 0.15) is 11.9 Å². The summed E-state index contributed by atoms with van der Waals surface area (Å²) in [5, 5.41) is 10.5. The molecule has 7 nitrogen and oxygen atoms in total. The molecule has 0 bridgehead atoms. The van der Waals surface area contributed by atoms with Gasteiger partial charge in [-0.1, -0.05) is 13.8 Å². The molecule has 1 saturated carbocycles. The molecule has 0 radical (unpaired) electrons. The average Bonchev–Trinajstić information content (AvgIpc) is 3.06. The van der Waals surface area contributed by atoms with E-state index in [1.54, 1.807) is 0 Å². The monoisotopic (exact) mass is 349 g/mol. The number of hydrogen-bond donors (Lipinski definition) is 2. The lowest BCUT2D eigenvalue weighted by atomic mass is 9.87. The van der Waals surface area contributed by atoms with Crippen molar-refractivity contribution < 1.29 is 9.53 Å². The highest BCUT2D eigenvalue weighted by Crippen LogP contribution is 2.23. The Balaban J connectivity index is 1.46. The van der Waals surface area contributed by atoms with Gasteiger partial charge in [-0.15, -0.1) is 0 Å². The van der Waals surface area contributed by atoms with Gasteiger partial charge in [0.15, 0.2) is 5.82 Å². The number of aromatic nitrogens is 3. The Morgan fingerprint density at radius 3 is 2.92 bits per heavy atom. The van der Waals surface area contributed by atoms with Crippen LogP contribution >= 0.6 is 0 Å². The van der Waals surface area contributed by atoms with Crippen LogP contribution in [-0.2, 0) is 16.0 Å². The molecule has 0 spiro atoms. The molecule has 1 saturated heterocycles. The minimum atomic E-state index is -0.154. The van der Waals surface area contributed by atoms with E-state index in [-0.39, 0.29) is 12.0 Å². The number of nitrogens with one attached hydrogen (secondary N) is 2. The lowest BCUT2D eigenvalue weighted by molar-refractivity contribution is -0.125. The van der Waals surface area contributed by atoms with Gasteiger partial charge >= 0.3 is 0 Å². The van der Waals surface area contributed by atoms with Gasteiger partial charge in [-0.25, -0.2) is 4.98 Å². The first kappa shape index (κ1) is 18.3. The molecule has 1 atom stereocenters. The molecular weight excluding hydrogens is 318 g/mol. The van der Waals surface area contributed by atoms with E-state index in [4.69, 9.17) is 4.74 Å². The molecule has 2 fully saturated rings. The Morgan fingerprint density at radius 1 is 1.36 bits per heavy atom. The van der Waals surface area contributed by atoms with Crippen LogP contribution in [0.25, 0.3) is 0 Å². The van der Waals surface area contributed by atoms with E-state index in [2.05, 4.69) is 39.2 Å². The van der Waals surface area contributed by atoms with E-state index in [1.807, 2.05) is 0 Å². The lowest BCUT2D eigenvalue weighted by Gasteiger charge is -2.32. The molecule has 2 aliphatic rings. The van der Waals surface area contributed by atoms with Crippen LogP contribution in [0.15, 0.2) is 0 Å². The van der Waals surface area contributed by atoms with E-state index in [9.17, 15) is 4.79 Å². The number of ether oxygens (including phenoxy) is 1. The molecule has 25 heavy (non-hydrogen) atoms. The predicted octanol–water partition coefficient (Wildman–Crippen LogP) is 1.83. The number of aromatic amines is 1. The normalized spacial score (nSPS) is 28.0. The third-order valence-corrected chi connectivity index (χ3v) is 5.22. The number of carbonyl (C=O) groups excluding carboxylic acids is 1. The highest BCUT2D eigenvalue weighted by molar-refractivity contribution is 5.78. The van der Waals surface area contributed by atoms with Gasteiger partial charge in [-0.05, 0) is 38.0 Å². The first-order chi connectivity index (χ1) is 12.1. The lowest BCUT2D eigenvalue weighted by Crippen LogP contribution is -2.47. The molecule has 1 aromatic rings. The van der Waals surface area contributed by atoms with Crippen molar-refractivity contribution in [2.24, 2.45) is 5.92 Å². The smallest absolute Gasteiger partial charge is 0.234 e. The van der Waals surface area contributed by atoms with Crippen molar-refractivity contribution in [3.8, 4) is 0 Å². The first-order valence-electron chi connectivity index (χ1n) is 9.68. The maximum atomic E-state index is 12.4. The zero-order chi connectivity index (χ0) is 17.6. The minimum Gasteiger partial charge on any atom is -0.367 e. The summed E-state index contributed by atoms with van der Waals surface area (Å²) >= 11 is 0. The van der Waals surface area contributed by atoms with Gasteiger partial charge in [0.05, 0.1) is 13.2 Å². The maximum absolute atomic E-state index is 12.4. The Kier molecular flexibility index (Phi) is 6.42. The Bertz CT molecular complexity index is 553. The predicted molar refractivity (Wildman–Crippen MR) is 95.1 cm³/mol. The summed E-state index contributed by atoms with van der Waals surface area (Å²) in [5.41, 5.74) is 0. The molecule has 1 amide bonds. The number of morpholine rings is 1. The molecule has 1 aliphatic carbocycles. The summed E-state index contributed by atoms with van der Waals surface area (Å²) in [7, 11) is 0. The number of H-pyrrole nitrogens is 1. The number of nitrogens with zero attached hydrogens (tertiary/aromatic N) is 3. The standard InChI is InChI=1S/C18H31N5O2/c1-3-4-16-20-18(22-21-16)15-11-23(9-10-25-15)12-17(24)19-14-7-5-13(2)6-8-14/h13-15H,3-12H2,1-2H3,(H,19,24)(H,20,21,22). The number of amides is 1. The SMILES string of the molecule is CCCc1nc(C2CN(CC(=O)NC3CCC(C)CC3)CCO2)n[nH]1. The third kappa shape index (κ3) is 5.25. The van der Waals surface area contributed by atoms with Crippen molar-refractivity contribution in [1.82, 2.24) is 25.4 Å². The maximum Gasteiger partial charge on any atom is 0.234 e. The van der Waals surface area contributed by atoms with E-state index in [1.165, 1.54) is 12.8 Å². The summed E-state index contributed by atoms with van der Waals surface area (Å²) < 4.78 is 5.81. The minimum absolute atomic E-state index is 0.127. The van der Waals surface area contributed by atoms with E-state index in [0.717, 1.165) is 44.0 Å². The van der Waals surface area contributed by atoms with Crippen molar-refractivity contribution in [2.45, 2.75) is 64.5 Å². The van der Waals surface area contributed by atoms with Crippen LogP contribution in [0.1, 0.15) is 63.7 Å². The fourth-order valence-corrected chi connectivity index (χ4v) is 3.69. The fraction of sp³-hybridized carbons (Fsp3) is 0.833. The van der Waals surface area contributed by atoms with Crippen LogP contribution in [0.4, 0.5) is 0 Å². The molecule has 2 heterocycles. The van der Waals surface area contributed by atoms with Crippen molar-refractivity contribution >= 4 is 5.91 Å². The van der Waals surface area contributed by atoms with Crippen molar-refractivity contribution in [3.63, 3.8) is 0 Å². The highest BCUT2D eigenvalue weighted by atomic mass is 16.5. The topological polar surface area (TPSA) is 83.1 Å². The molecule has 3 rings (SSSR count). The summed E-state index contributed by atoms with van der Waals surface area (Å²) in [5.74, 6) is 2.53. The largest absolute Gasteiger partial charge is 0.367 e. The summed E-state index contributed by atoms with van der Waals surface area (Å²) in [6.45, 7) is 6.89. The van der Waals surface area contributed by atoms with Crippen LogP contribution in [0.2, 0.25) is 0 Å². The van der Waals surface area contributed by atoms with Gasteiger partial charge in [0.2, 0.25) is 5.91 Å². The molecule has 2 N–H and O–H groups in total. The Morgan fingerprint density at radius 2 is 2.16 bits per heavy atom. The molecule has 1 unspecified atom stereocenters. The molecule has 0 aromatic carbocycles. The van der Waals surface area contributed by atoms with E-state index < -0.39 is 0 Å². The third-order valence-electron chi connectivity index (χ3n) is 5.22. The second kappa shape index (κ2) is 8.76. The summed E-state index contributed by atoms with van der Waals surface area (Å²) in [6.07, 6.45) is 6.42. The van der Waals surface area contributed by atoms with E-state index in [0.29, 0.717) is 31.6 Å². The van der Waals surface area contributed by atoms with Gasteiger partial charge < -0.3 is 10.1 Å². The first-order valence-corrected chi connectivity index (χ1v) is 9.68. The Hall–Kier alpha value is -1.47. The second-order valence-corrected chi connectivity index (χ2v) is 7.51. The van der Waals surface area contributed by atoms with Crippen LogP contribution in [0.5, 0.6) is 0 Å². The van der Waals surface area contributed by atoms with Crippen LogP contribution in [0, 0.1) is 5.92 Å². The Labute approximate surface area is 149 Å². The van der Waals surface area contributed by atoms with Crippen LogP contribution in [-0.4, -0.2) is 58.3 Å². The van der Waals surface area contributed by atoms with Gasteiger partial charge in [0, 0.05) is 25.6 Å². The second-order valence-electron chi connectivity index (χ2n) is 7.51. The number of hydrogen-bond acceptors (Lipinski definition) is 5. The van der Waals surface area contributed by atoms with Gasteiger partial charge in [0.25, 0.3) is 0 Å². The quantitative estimate of drug-likeness (QED) is 0.819. The van der Waals surface area contributed by atoms with Crippen molar-refractivity contribution in [2.75, 3.05) is 26.2 Å². The van der Waals surface area contributed by atoms with Crippen LogP contribution < -0.4 is 5.32 Å². The number of carbonyl (C=O) groups is 1. The fourth-order valence-electron chi connectivity index (χ4n) is 3.69. The number of aryl methyl sites for hydroxylation is 1. The zero-order valence-corrected chi connectivity index (χ0v) is 15.5. The molecule has 1 aliphatic heterocycles. The van der Waals surface area contributed by atoms with Crippen molar-refractivity contribution in [3.05, 3.63) is 11.6 Å². The zero-order valence-electron chi connectivity index (χ0n) is 15.5. The molecule has 1 aromatic heterocycles. The summed E-state index contributed by atoms with van der Waals surface area (Å²) in [4.78, 5) is 19.0.